The lowest BCUT2D eigenvalue weighted by Gasteiger charge is -2.10. The van der Waals surface area contributed by atoms with E-state index in [1.165, 1.54) is 6.92 Å². The smallest absolute Gasteiger partial charge is 0.325 e. The number of nitrogens with one attached hydrogen (secondary N) is 1. The van der Waals surface area contributed by atoms with Crippen LogP contribution < -0.4 is 5.32 Å². The number of aromatic nitrogens is 1. The van der Waals surface area contributed by atoms with Crippen LogP contribution in [0.15, 0.2) is 12.1 Å². The fourth-order valence-corrected chi connectivity index (χ4v) is 1.01. The summed E-state index contributed by atoms with van der Waals surface area (Å²) in [6, 6.07) is 4.58. The van der Waals surface area contributed by atoms with Crippen molar-refractivity contribution in [2.75, 3.05) is 5.32 Å². The van der Waals surface area contributed by atoms with Gasteiger partial charge in [-0.05, 0) is 25.5 Å². The molecule has 1 atom stereocenters. The number of carboxylic acids is 1. The Morgan fingerprint density at radius 2 is 2.33 bits per heavy atom. The molecule has 1 unspecified atom stereocenters. The molecule has 0 aliphatic rings. The Morgan fingerprint density at radius 1 is 1.67 bits per heavy atom. The Labute approximate surface area is 87.4 Å². The van der Waals surface area contributed by atoms with Gasteiger partial charge in [0.25, 0.3) is 0 Å². The molecule has 0 amide bonds. The van der Waals surface area contributed by atoms with E-state index < -0.39 is 12.0 Å². The van der Waals surface area contributed by atoms with Gasteiger partial charge in [0.1, 0.15) is 23.6 Å². The summed E-state index contributed by atoms with van der Waals surface area (Å²) in [6.45, 7) is 3.28. The van der Waals surface area contributed by atoms with E-state index in [9.17, 15) is 4.79 Å². The van der Waals surface area contributed by atoms with Gasteiger partial charge in [-0.1, -0.05) is 6.07 Å². The molecular weight excluding hydrogens is 194 g/mol. The Hall–Kier alpha value is -2.09. The van der Waals surface area contributed by atoms with Gasteiger partial charge in [-0.3, -0.25) is 4.79 Å². The maximum Gasteiger partial charge on any atom is 0.325 e. The molecular formula is C10H11N3O2. The monoisotopic (exact) mass is 205 g/mol. The fourth-order valence-electron chi connectivity index (χ4n) is 1.01. The van der Waals surface area contributed by atoms with Gasteiger partial charge in [0.2, 0.25) is 0 Å². The summed E-state index contributed by atoms with van der Waals surface area (Å²) in [5.41, 5.74) is 1.07. The van der Waals surface area contributed by atoms with E-state index in [4.69, 9.17) is 10.4 Å². The van der Waals surface area contributed by atoms with Gasteiger partial charge in [-0.15, -0.1) is 0 Å². The van der Waals surface area contributed by atoms with Crippen LogP contribution in [0.5, 0.6) is 0 Å². The fraction of sp³-hybridized carbons (Fsp3) is 0.300. The predicted octanol–water partition coefficient (Wildman–Crippen LogP) is 1.15. The van der Waals surface area contributed by atoms with Crippen LogP contribution in [0.2, 0.25) is 0 Å². The topological polar surface area (TPSA) is 86.0 Å². The zero-order valence-corrected chi connectivity index (χ0v) is 8.48. The quantitative estimate of drug-likeness (QED) is 0.772. The highest BCUT2D eigenvalue weighted by molar-refractivity contribution is 5.76. The van der Waals surface area contributed by atoms with Gasteiger partial charge >= 0.3 is 5.97 Å². The second-order valence-corrected chi connectivity index (χ2v) is 3.18. The van der Waals surface area contributed by atoms with Crippen molar-refractivity contribution >= 4 is 11.8 Å². The van der Waals surface area contributed by atoms with Crippen LogP contribution >= 0.6 is 0 Å². The summed E-state index contributed by atoms with van der Waals surface area (Å²) in [4.78, 5) is 14.5. The van der Waals surface area contributed by atoms with Crippen LogP contribution in [0, 0.1) is 18.3 Å². The molecule has 78 valence electrons. The lowest BCUT2D eigenvalue weighted by atomic mass is 10.2. The standard InChI is InChI=1S/C10H11N3O2/c1-6-3-4-9(13-8(6)5-11)12-7(2)10(14)15/h3-4,7H,1-2H3,(H,12,13)(H,14,15). The number of rotatable bonds is 3. The zero-order chi connectivity index (χ0) is 11.4. The lowest BCUT2D eigenvalue weighted by Crippen LogP contribution is -2.25. The van der Waals surface area contributed by atoms with Gasteiger partial charge < -0.3 is 10.4 Å². The van der Waals surface area contributed by atoms with Crippen LogP contribution in [0.25, 0.3) is 0 Å². The van der Waals surface area contributed by atoms with Gasteiger partial charge in [-0.2, -0.15) is 5.26 Å². The number of nitrogens with zero attached hydrogens (tertiary/aromatic N) is 2. The largest absolute Gasteiger partial charge is 0.480 e. The molecule has 0 spiro atoms. The molecule has 1 heterocycles. The van der Waals surface area contributed by atoms with Crippen LogP contribution in [0.3, 0.4) is 0 Å². The van der Waals surface area contributed by atoms with Crippen LogP contribution in [-0.4, -0.2) is 22.1 Å². The van der Waals surface area contributed by atoms with Gasteiger partial charge in [0.05, 0.1) is 0 Å². The summed E-state index contributed by atoms with van der Waals surface area (Å²) in [5.74, 6) is -0.567. The SMILES string of the molecule is Cc1ccc(NC(C)C(=O)O)nc1C#N. The van der Waals surface area contributed by atoms with Crippen molar-refractivity contribution in [1.82, 2.24) is 4.98 Å². The third-order valence-corrected chi connectivity index (χ3v) is 1.94. The maximum absolute atomic E-state index is 10.6. The molecule has 0 saturated heterocycles. The van der Waals surface area contributed by atoms with Crippen LogP contribution in [0.4, 0.5) is 5.82 Å². The van der Waals surface area contributed by atoms with E-state index in [1.807, 2.05) is 6.07 Å². The maximum atomic E-state index is 10.6. The third-order valence-electron chi connectivity index (χ3n) is 1.94. The van der Waals surface area contributed by atoms with Crippen molar-refractivity contribution in [2.45, 2.75) is 19.9 Å². The van der Waals surface area contributed by atoms with Crippen LogP contribution in [0.1, 0.15) is 18.2 Å². The molecule has 5 nitrogen and oxygen atoms in total. The third kappa shape index (κ3) is 2.68. The Kier molecular flexibility index (Phi) is 3.24. The van der Waals surface area contributed by atoms with E-state index in [0.717, 1.165) is 5.56 Å². The molecule has 0 aliphatic heterocycles. The minimum atomic E-state index is -0.962. The first-order chi connectivity index (χ1) is 7.04. The number of nitriles is 1. The molecule has 0 fully saturated rings. The van der Waals surface area contributed by atoms with Crippen molar-refractivity contribution in [2.24, 2.45) is 0 Å². The Bertz CT molecular complexity index is 423. The molecule has 1 aromatic rings. The van der Waals surface area contributed by atoms with E-state index in [1.54, 1.807) is 19.1 Å². The number of anilines is 1. The Morgan fingerprint density at radius 3 is 2.87 bits per heavy atom. The number of pyridine rings is 1. The minimum Gasteiger partial charge on any atom is -0.480 e. The van der Waals surface area contributed by atoms with E-state index in [-0.39, 0.29) is 0 Å². The van der Waals surface area contributed by atoms with Crippen molar-refractivity contribution in [1.29, 1.82) is 5.26 Å². The second-order valence-electron chi connectivity index (χ2n) is 3.18. The lowest BCUT2D eigenvalue weighted by molar-refractivity contribution is -0.137. The molecule has 0 radical (unpaired) electrons. The number of carboxylic acid groups (broad SMARTS) is 1. The van der Waals surface area contributed by atoms with Gasteiger partial charge in [0.15, 0.2) is 0 Å². The second kappa shape index (κ2) is 4.42. The first-order valence-corrected chi connectivity index (χ1v) is 4.41. The number of carbonyl (C=O) groups is 1. The van der Waals surface area contributed by atoms with E-state index in [2.05, 4.69) is 10.3 Å². The molecule has 15 heavy (non-hydrogen) atoms. The molecule has 0 aliphatic carbocycles. The summed E-state index contributed by atoms with van der Waals surface area (Å²) in [6.07, 6.45) is 0. The van der Waals surface area contributed by atoms with Crippen LogP contribution in [-0.2, 0) is 4.79 Å². The molecule has 1 rings (SSSR count). The average molecular weight is 205 g/mol. The van der Waals surface area contributed by atoms with E-state index in [0.29, 0.717) is 11.5 Å². The van der Waals surface area contributed by atoms with Gasteiger partial charge in [-0.25, -0.2) is 4.98 Å². The normalized spacial score (nSPS) is 11.5. The first kappa shape index (κ1) is 11.0. The molecule has 1 aromatic heterocycles. The molecule has 0 bridgehead atoms. The van der Waals surface area contributed by atoms with Crippen molar-refractivity contribution < 1.29 is 9.90 Å². The van der Waals surface area contributed by atoms with Crippen molar-refractivity contribution in [3.63, 3.8) is 0 Å². The summed E-state index contributed by atoms with van der Waals surface area (Å²) in [7, 11) is 0. The van der Waals surface area contributed by atoms with E-state index >= 15 is 0 Å². The molecule has 5 heteroatoms. The minimum absolute atomic E-state index is 0.303. The van der Waals surface area contributed by atoms with Crippen molar-refractivity contribution in [3.8, 4) is 6.07 Å². The van der Waals surface area contributed by atoms with Gasteiger partial charge in [0, 0.05) is 0 Å². The first-order valence-electron chi connectivity index (χ1n) is 4.41. The molecule has 0 saturated carbocycles. The number of hydrogen-bond donors (Lipinski definition) is 2. The summed E-state index contributed by atoms with van der Waals surface area (Å²) < 4.78 is 0. The highest BCUT2D eigenvalue weighted by Crippen LogP contribution is 2.10. The number of hydrogen-bond acceptors (Lipinski definition) is 4. The summed E-state index contributed by atoms with van der Waals surface area (Å²) >= 11 is 0. The number of aryl methyl sites for hydroxylation is 1. The Balaban J connectivity index is 2.89. The highest BCUT2D eigenvalue weighted by Gasteiger charge is 2.11. The highest BCUT2D eigenvalue weighted by atomic mass is 16.4. The number of aliphatic carboxylic acids is 1. The molecule has 2 N–H and O–H groups in total. The average Bonchev–Trinajstić information content (AvgIpc) is 2.20. The molecule has 0 aromatic carbocycles. The van der Waals surface area contributed by atoms with Crippen molar-refractivity contribution in [3.05, 3.63) is 23.4 Å². The predicted molar refractivity (Wildman–Crippen MR) is 54.4 cm³/mol. The summed E-state index contributed by atoms with van der Waals surface area (Å²) in [5, 5.41) is 20.1. The zero-order valence-electron chi connectivity index (χ0n) is 8.48.